The predicted octanol–water partition coefficient (Wildman–Crippen LogP) is 3.76. The van der Waals surface area contributed by atoms with Crippen LogP contribution < -0.4 is 14.8 Å². The average molecular weight is 353 g/mol. The number of nitrogens with one attached hydrogen (secondary N) is 1. The van der Waals surface area contributed by atoms with Gasteiger partial charge in [0.1, 0.15) is 5.82 Å². The fraction of sp³-hybridized carbons (Fsp3) is 0.267. The lowest BCUT2D eigenvalue weighted by atomic mass is 10.2. The molecule has 6 heteroatoms. The third kappa shape index (κ3) is 3.44. The first-order chi connectivity index (χ1) is 10.2. The van der Waals surface area contributed by atoms with Gasteiger partial charge in [-0.05, 0) is 45.8 Å². The molecule has 4 nitrogen and oxygen atoms in total. The van der Waals surface area contributed by atoms with E-state index in [-0.39, 0.29) is 0 Å². The summed E-state index contributed by atoms with van der Waals surface area (Å²) in [7, 11) is 0. The summed E-state index contributed by atoms with van der Waals surface area (Å²) in [5.41, 5.74) is 0.997. The number of nitrogens with zero attached hydrogens (tertiary/aromatic N) is 1. The number of aromatic nitrogens is 1. The van der Waals surface area contributed by atoms with Crippen LogP contribution in [0.3, 0.4) is 0 Å². The smallest absolute Gasteiger partial charge is 0.214 e. The van der Waals surface area contributed by atoms with Crippen LogP contribution in [0.5, 0.6) is 11.5 Å². The Bertz CT molecular complexity index is 652. The molecule has 2 aromatic rings. The maximum absolute atomic E-state index is 13.0. The predicted molar refractivity (Wildman–Crippen MR) is 81.3 cm³/mol. The molecular weight excluding hydrogens is 339 g/mol. The van der Waals surface area contributed by atoms with Crippen LogP contribution in [-0.2, 0) is 6.54 Å². The second-order valence-electron chi connectivity index (χ2n) is 4.65. The number of fused-ring (bicyclic) bond motifs is 1. The van der Waals surface area contributed by atoms with Crippen molar-refractivity contribution < 1.29 is 13.9 Å². The van der Waals surface area contributed by atoms with Crippen LogP contribution in [0, 0.1) is 5.95 Å². The van der Waals surface area contributed by atoms with Crippen LogP contribution in [0.1, 0.15) is 12.0 Å². The van der Waals surface area contributed by atoms with E-state index in [0.29, 0.717) is 25.6 Å². The molecule has 1 aliphatic rings. The van der Waals surface area contributed by atoms with E-state index in [0.717, 1.165) is 28.0 Å². The molecule has 1 aromatic carbocycles. The summed E-state index contributed by atoms with van der Waals surface area (Å²) in [5, 5.41) is 3.08. The van der Waals surface area contributed by atoms with E-state index in [1.54, 1.807) is 12.1 Å². The monoisotopic (exact) mass is 352 g/mol. The molecule has 0 bridgehead atoms. The summed E-state index contributed by atoms with van der Waals surface area (Å²) >= 11 is 3.50. The molecule has 2 heterocycles. The number of benzene rings is 1. The number of halogens is 2. The van der Waals surface area contributed by atoms with Crippen molar-refractivity contribution in [3.63, 3.8) is 0 Å². The molecule has 0 fully saturated rings. The van der Waals surface area contributed by atoms with E-state index in [4.69, 9.17) is 9.47 Å². The maximum atomic E-state index is 13.0. The van der Waals surface area contributed by atoms with Gasteiger partial charge in [0.05, 0.1) is 17.7 Å². The fourth-order valence-electron chi connectivity index (χ4n) is 2.09. The summed E-state index contributed by atoms with van der Waals surface area (Å²) in [6.45, 7) is 1.81. The highest BCUT2D eigenvalue weighted by atomic mass is 79.9. The van der Waals surface area contributed by atoms with E-state index in [1.807, 2.05) is 12.1 Å². The minimum absolute atomic E-state index is 0.498. The number of rotatable bonds is 3. The zero-order valence-electron chi connectivity index (χ0n) is 11.2. The van der Waals surface area contributed by atoms with Gasteiger partial charge < -0.3 is 14.8 Å². The first kappa shape index (κ1) is 14.1. The Balaban J connectivity index is 1.77. The molecule has 1 aliphatic heterocycles. The third-order valence-electron chi connectivity index (χ3n) is 3.05. The number of hydrogen-bond donors (Lipinski definition) is 1. The Hall–Kier alpha value is -1.82. The zero-order valence-corrected chi connectivity index (χ0v) is 12.8. The Labute approximate surface area is 130 Å². The highest BCUT2D eigenvalue weighted by molar-refractivity contribution is 9.10. The molecular formula is C15H14BrFN2O2. The Morgan fingerprint density at radius 3 is 2.95 bits per heavy atom. The molecule has 0 unspecified atom stereocenters. The van der Waals surface area contributed by atoms with E-state index in [1.165, 1.54) is 6.07 Å². The van der Waals surface area contributed by atoms with Crippen LogP contribution in [-0.4, -0.2) is 18.2 Å². The van der Waals surface area contributed by atoms with Crippen LogP contribution in [0.25, 0.3) is 0 Å². The highest BCUT2D eigenvalue weighted by Crippen LogP contribution is 2.38. The average Bonchev–Trinajstić information content (AvgIpc) is 2.71. The summed E-state index contributed by atoms with van der Waals surface area (Å²) < 4.78 is 25.2. The Morgan fingerprint density at radius 1 is 1.24 bits per heavy atom. The Morgan fingerprint density at radius 2 is 2.10 bits per heavy atom. The van der Waals surface area contributed by atoms with E-state index >= 15 is 0 Å². The summed E-state index contributed by atoms with van der Waals surface area (Å²) in [6.07, 6.45) is 0.863. The molecule has 0 atom stereocenters. The van der Waals surface area contributed by atoms with Crippen molar-refractivity contribution in [2.75, 3.05) is 18.5 Å². The normalized spacial score (nSPS) is 13.6. The lowest BCUT2D eigenvalue weighted by molar-refractivity contribution is 0.296. The van der Waals surface area contributed by atoms with Gasteiger partial charge in [-0.3, -0.25) is 0 Å². The second kappa shape index (κ2) is 6.30. The van der Waals surface area contributed by atoms with E-state index in [9.17, 15) is 4.39 Å². The first-order valence-corrected chi connectivity index (χ1v) is 7.46. The molecule has 0 saturated carbocycles. The van der Waals surface area contributed by atoms with Gasteiger partial charge in [0.25, 0.3) is 0 Å². The van der Waals surface area contributed by atoms with E-state index in [2.05, 4.69) is 26.2 Å². The number of hydrogen-bond acceptors (Lipinski definition) is 4. The molecule has 0 aliphatic carbocycles. The van der Waals surface area contributed by atoms with Crippen LogP contribution in [0.2, 0.25) is 0 Å². The van der Waals surface area contributed by atoms with Crippen molar-refractivity contribution in [2.45, 2.75) is 13.0 Å². The van der Waals surface area contributed by atoms with E-state index < -0.39 is 5.95 Å². The molecule has 0 spiro atoms. The van der Waals surface area contributed by atoms with Gasteiger partial charge in [0.15, 0.2) is 11.5 Å². The standard InChI is InChI=1S/C15H14BrFN2O2/c16-11-7-10(8-12-15(11)21-6-2-5-20-12)9-18-14-4-1-3-13(17)19-14/h1,3-4,7-8H,2,5-6,9H2,(H,18,19). The number of pyridine rings is 1. The second-order valence-corrected chi connectivity index (χ2v) is 5.51. The van der Waals surface area contributed by atoms with Gasteiger partial charge in [-0.25, -0.2) is 4.98 Å². The van der Waals surface area contributed by atoms with Crippen molar-refractivity contribution >= 4 is 21.7 Å². The molecule has 1 aromatic heterocycles. The van der Waals surface area contributed by atoms with Crippen molar-refractivity contribution in [1.29, 1.82) is 0 Å². The van der Waals surface area contributed by atoms with Crippen LogP contribution >= 0.6 is 15.9 Å². The van der Waals surface area contributed by atoms with Crippen molar-refractivity contribution in [3.05, 3.63) is 46.3 Å². The Kier molecular flexibility index (Phi) is 4.24. The largest absolute Gasteiger partial charge is 0.490 e. The van der Waals surface area contributed by atoms with Gasteiger partial charge in [-0.15, -0.1) is 0 Å². The lowest BCUT2D eigenvalue weighted by Gasteiger charge is -2.12. The third-order valence-corrected chi connectivity index (χ3v) is 3.64. The first-order valence-electron chi connectivity index (χ1n) is 6.67. The molecule has 0 saturated heterocycles. The van der Waals surface area contributed by atoms with Gasteiger partial charge in [0, 0.05) is 13.0 Å². The molecule has 110 valence electrons. The summed E-state index contributed by atoms with van der Waals surface area (Å²) in [4.78, 5) is 3.77. The minimum Gasteiger partial charge on any atom is -0.490 e. The fourth-order valence-corrected chi connectivity index (χ4v) is 2.69. The summed E-state index contributed by atoms with van der Waals surface area (Å²) in [6, 6.07) is 8.54. The highest BCUT2D eigenvalue weighted by Gasteiger charge is 2.15. The molecule has 3 rings (SSSR count). The summed E-state index contributed by atoms with van der Waals surface area (Å²) in [5.74, 6) is 1.46. The lowest BCUT2D eigenvalue weighted by Crippen LogP contribution is -2.03. The molecule has 0 radical (unpaired) electrons. The quantitative estimate of drug-likeness (QED) is 0.854. The van der Waals surface area contributed by atoms with Crippen molar-refractivity contribution in [1.82, 2.24) is 4.98 Å². The zero-order chi connectivity index (χ0) is 14.7. The maximum Gasteiger partial charge on any atom is 0.214 e. The topological polar surface area (TPSA) is 43.4 Å². The van der Waals surface area contributed by atoms with Gasteiger partial charge in [-0.1, -0.05) is 6.07 Å². The SMILES string of the molecule is Fc1cccc(NCc2cc(Br)c3c(c2)OCCCO3)n1. The molecule has 21 heavy (non-hydrogen) atoms. The number of anilines is 1. The van der Waals surface area contributed by atoms with Gasteiger partial charge >= 0.3 is 0 Å². The van der Waals surface area contributed by atoms with Gasteiger partial charge in [0.2, 0.25) is 5.95 Å². The van der Waals surface area contributed by atoms with Crippen LogP contribution in [0.4, 0.5) is 10.2 Å². The van der Waals surface area contributed by atoms with Crippen molar-refractivity contribution in [2.24, 2.45) is 0 Å². The molecule has 1 N–H and O–H groups in total. The van der Waals surface area contributed by atoms with Gasteiger partial charge in [-0.2, -0.15) is 4.39 Å². The minimum atomic E-state index is -0.500. The van der Waals surface area contributed by atoms with Crippen molar-refractivity contribution in [3.8, 4) is 11.5 Å². The molecule has 0 amide bonds. The number of ether oxygens (including phenoxy) is 2. The van der Waals surface area contributed by atoms with Crippen LogP contribution in [0.15, 0.2) is 34.8 Å².